The van der Waals surface area contributed by atoms with Crippen LogP contribution in [0.15, 0.2) is 71.3 Å². The van der Waals surface area contributed by atoms with Crippen LogP contribution >= 0.6 is 0 Å². The minimum atomic E-state index is -0.594. The fourth-order valence-corrected chi connectivity index (χ4v) is 4.77. The molecule has 1 amide bonds. The van der Waals surface area contributed by atoms with Crippen molar-refractivity contribution in [3.63, 3.8) is 0 Å². The number of likely N-dealkylation sites (N-methyl/N-ethyl adjacent to an activating group) is 1. The highest BCUT2D eigenvalue weighted by molar-refractivity contribution is 6.03. The van der Waals surface area contributed by atoms with E-state index in [1.165, 1.54) is 24.5 Å². The highest BCUT2D eigenvalue weighted by Crippen LogP contribution is 2.36. The lowest BCUT2D eigenvalue weighted by Gasteiger charge is -2.34. The summed E-state index contributed by atoms with van der Waals surface area (Å²) in [6, 6.07) is 18.5. The standard InChI is InChI=1S/C30H28FN5O3/c1-2-35-10-12-36(13-11-35)19-20-5-3-6-21(15-20)24-17-26(23-9-8-22(31)16-27(23)37)33-29(25(24)18-32)34-30(38)28-7-4-14-39-28/h3-9,14-17,37H,2,10-13,19H2,1H3,(H,33,34,38). The second kappa shape index (κ2) is 11.5. The first kappa shape index (κ1) is 26.1. The number of carbonyl (C=O) groups is 1. The molecule has 198 valence electrons. The van der Waals surface area contributed by atoms with Crippen molar-refractivity contribution in [1.29, 1.82) is 5.26 Å². The SMILES string of the molecule is CCN1CCN(Cc2cccc(-c3cc(-c4ccc(F)cc4O)nc(NC(=O)c4ccco4)c3C#N)c2)CC1. The van der Waals surface area contributed by atoms with Crippen LogP contribution in [0.2, 0.25) is 0 Å². The third-order valence-electron chi connectivity index (χ3n) is 6.90. The van der Waals surface area contributed by atoms with Crippen molar-refractivity contribution < 1.29 is 18.7 Å². The number of benzene rings is 2. The number of phenolic OH excluding ortho intramolecular Hbond substituents is 1. The average Bonchev–Trinajstić information content (AvgIpc) is 3.49. The molecule has 4 aromatic rings. The molecule has 2 aromatic heterocycles. The van der Waals surface area contributed by atoms with Gasteiger partial charge in [-0.25, -0.2) is 9.37 Å². The maximum atomic E-state index is 13.7. The van der Waals surface area contributed by atoms with E-state index in [4.69, 9.17) is 4.42 Å². The van der Waals surface area contributed by atoms with E-state index in [1.807, 2.05) is 18.2 Å². The topological polar surface area (TPSA) is 106 Å². The van der Waals surface area contributed by atoms with Gasteiger partial charge in [-0.2, -0.15) is 5.26 Å². The fourth-order valence-electron chi connectivity index (χ4n) is 4.77. The van der Waals surface area contributed by atoms with E-state index in [9.17, 15) is 19.6 Å². The molecule has 2 aromatic carbocycles. The molecule has 0 aliphatic carbocycles. The molecule has 0 saturated carbocycles. The van der Waals surface area contributed by atoms with E-state index in [-0.39, 0.29) is 34.1 Å². The zero-order chi connectivity index (χ0) is 27.4. The van der Waals surface area contributed by atoms with Crippen molar-refractivity contribution in [2.45, 2.75) is 13.5 Å². The summed E-state index contributed by atoms with van der Waals surface area (Å²) in [7, 11) is 0. The van der Waals surface area contributed by atoms with E-state index >= 15 is 0 Å². The first-order valence-corrected chi connectivity index (χ1v) is 12.8. The molecule has 1 aliphatic heterocycles. The number of phenols is 1. The fraction of sp³-hybridized carbons (Fsp3) is 0.233. The van der Waals surface area contributed by atoms with E-state index in [2.05, 4.69) is 39.2 Å². The van der Waals surface area contributed by atoms with Crippen molar-refractivity contribution in [3.05, 3.63) is 89.6 Å². The molecule has 5 rings (SSSR count). The Morgan fingerprint density at radius 1 is 1.08 bits per heavy atom. The number of rotatable bonds is 7. The highest BCUT2D eigenvalue weighted by Gasteiger charge is 2.21. The number of nitriles is 1. The van der Waals surface area contributed by atoms with Crippen LogP contribution in [0.3, 0.4) is 0 Å². The maximum Gasteiger partial charge on any atom is 0.292 e. The van der Waals surface area contributed by atoms with Crippen LogP contribution in [-0.4, -0.2) is 58.5 Å². The lowest BCUT2D eigenvalue weighted by Crippen LogP contribution is -2.45. The van der Waals surface area contributed by atoms with Gasteiger partial charge >= 0.3 is 0 Å². The van der Waals surface area contributed by atoms with Crippen LogP contribution in [0.25, 0.3) is 22.4 Å². The zero-order valence-corrected chi connectivity index (χ0v) is 21.5. The van der Waals surface area contributed by atoms with Crippen LogP contribution in [0.5, 0.6) is 5.75 Å². The van der Waals surface area contributed by atoms with Crippen LogP contribution in [-0.2, 0) is 6.54 Å². The van der Waals surface area contributed by atoms with E-state index in [1.54, 1.807) is 12.1 Å². The molecule has 1 aliphatic rings. The number of aromatic nitrogens is 1. The summed E-state index contributed by atoms with van der Waals surface area (Å²) in [6.07, 6.45) is 1.37. The van der Waals surface area contributed by atoms with Gasteiger partial charge in [0, 0.05) is 49.9 Å². The van der Waals surface area contributed by atoms with Gasteiger partial charge in [0.25, 0.3) is 5.91 Å². The molecule has 3 heterocycles. The Labute approximate surface area is 225 Å². The lowest BCUT2D eigenvalue weighted by molar-refractivity contribution is 0.0996. The second-order valence-electron chi connectivity index (χ2n) is 9.39. The number of amides is 1. The van der Waals surface area contributed by atoms with Crippen molar-refractivity contribution in [2.24, 2.45) is 0 Å². The number of carbonyl (C=O) groups excluding carboxylic acids is 1. The van der Waals surface area contributed by atoms with Crippen LogP contribution in [0.4, 0.5) is 10.2 Å². The first-order valence-electron chi connectivity index (χ1n) is 12.8. The lowest BCUT2D eigenvalue weighted by atomic mass is 9.96. The number of hydrogen-bond acceptors (Lipinski definition) is 7. The van der Waals surface area contributed by atoms with Crippen LogP contribution in [0.1, 0.15) is 28.6 Å². The van der Waals surface area contributed by atoms with Gasteiger partial charge in [-0.1, -0.05) is 25.1 Å². The third kappa shape index (κ3) is 5.82. The number of anilines is 1. The third-order valence-corrected chi connectivity index (χ3v) is 6.90. The minimum absolute atomic E-state index is 0.0104. The van der Waals surface area contributed by atoms with Crippen molar-refractivity contribution in [3.8, 4) is 34.2 Å². The summed E-state index contributed by atoms with van der Waals surface area (Å²) < 4.78 is 18.9. The Bertz CT molecular complexity index is 1520. The number of aromatic hydroxyl groups is 1. The molecule has 0 atom stereocenters. The normalized spacial score (nSPS) is 14.2. The van der Waals surface area contributed by atoms with Gasteiger partial charge in [0.15, 0.2) is 11.6 Å². The number of hydrogen-bond donors (Lipinski definition) is 2. The molecule has 0 unspecified atom stereocenters. The number of halogens is 1. The number of nitrogens with zero attached hydrogens (tertiary/aromatic N) is 4. The summed E-state index contributed by atoms with van der Waals surface area (Å²) in [5.74, 6) is -1.40. The molecule has 1 saturated heterocycles. The molecule has 0 radical (unpaired) electrons. The molecule has 8 nitrogen and oxygen atoms in total. The summed E-state index contributed by atoms with van der Waals surface area (Å²) in [5, 5.41) is 23.3. The molecule has 0 spiro atoms. The predicted molar refractivity (Wildman–Crippen MR) is 145 cm³/mol. The monoisotopic (exact) mass is 525 g/mol. The van der Waals surface area contributed by atoms with E-state index in [0.717, 1.165) is 56.5 Å². The Morgan fingerprint density at radius 2 is 1.87 bits per heavy atom. The quantitative estimate of drug-likeness (QED) is 0.345. The molecular weight excluding hydrogens is 497 g/mol. The van der Waals surface area contributed by atoms with Gasteiger partial charge in [0.05, 0.1) is 12.0 Å². The predicted octanol–water partition coefficient (Wildman–Crippen LogP) is 5.11. The first-order chi connectivity index (χ1) is 18.9. The smallest absolute Gasteiger partial charge is 0.292 e. The van der Waals surface area contributed by atoms with Crippen molar-refractivity contribution in [2.75, 3.05) is 38.0 Å². The molecule has 0 bridgehead atoms. The Hall–Kier alpha value is -4.52. The number of nitrogens with one attached hydrogen (secondary N) is 1. The number of piperazine rings is 1. The van der Waals surface area contributed by atoms with Crippen molar-refractivity contribution >= 4 is 11.7 Å². The largest absolute Gasteiger partial charge is 0.507 e. The van der Waals surface area contributed by atoms with Gasteiger partial charge < -0.3 is 19.7 Å². The van der Waals surface area contributed by atoms with Gasteiger partial charge in [0.1, 0.15) is 23.2 Å². The number of pyridine rings is 1. The molecule has 1 fully saturated rings. The Kier molecular flexibility index (Phi) is 7.68. The van der Waals surface area contributed by atoms with E-state index in [0.29, 0.717) is 5.56 Å². The summed E-state index contributed by atoms with van der Waals surface area (Å²) in [5.41, 5.74) is 3.08. The minimum Gasteiger partial charge on any atom is -0.507 e. The van der Waals surface area contributed by atoms with Crippen LogP contribution in [0, 0.1) is 17.1 Å². The maximum absolute atomic E-state index is 13.7. The summed E-state index contributed by atoms with van der Waals surface area (Å²) in [4.78, 5) is 22.1. The summed E-state index contributed by atoms with van der Waals surface area (Å²) in [6.45, 7) is 8.01. The van der Waals surface area contributed by atoms with Crippen LogP contribution < -0.4 is 5.32 Å². The second-order valence-corrected chi connectivity index (χ2v) is 9.39. The van der Waals surface area contributed by atoms with Gasteiger partial charge in [-0.05, 0) is 54.1 Å². The molecule has 39 heavy (non-hydrogen) atoms. The van der Waals surface area contributed by atoms with E-state index < -0.39 is 11.7 Å². The van der Waals surface area contributed by atoms with Gasteiger partial charge in [-0.3, -0.25) is 9.69 Å². The molecular formula is C30H28FN5O3. The highest BCUT2D eigenvalue weighted by atomic mass is 19.1. The Balaban J connectivity index is 1.55. The average molecular weight is 526 g/mol. The number of furan rings is 1. The molecule has 2 N–H and O–H groups in total. The Morgan fingerprint density at radius 3 is 2.56 bits per heavy atom. The van der Waals surface area contributed by atoms with Gasteiger partial charge in [0.2, 0.25) is 0 Å². The zero-order valence-electron chi connectivity index (χ0n) is 21.5. The summed E-state index contributed by atoms with van der Waals surface area (Å²) >= 11 is 0. The van der Waals surface area contributed by atoms with Crippen molar-refractivity contribution in [1.82, 2.24) is 14.8 Å². The van der Waals surface area contributed by atoms with Gasteiger partial charge in [-0.15, -0.1) is 0 Å². The molecule has 9 heteroatoms.